The van der Waals surface area contributed by atoms with Crippen LogP contribution in [0.3, 0.4) is 0 Å². The topological polar surface area (TPSA) is 81.2 Å². The summed E-state index contributed by atoms with van der Waals surface area (Å²) < 4.78 is 0. The third kappa shape index (κ3) is 4.84. The number of benzene rings is 2. The van der Waals surface area contributed by atoms with Gasteiger partial charge < -0.3 is 0 Å². The van der Waals surface area contributed by atoms with Gasteiger partial charge in [0.2, 0.25) is 0 Å². The number of H-pyrrole nitrogens is 1. The van der Waals surface area contributed by atoms with E-state index < -0.39 is 5.91 Å². The molecule has 0 unspecified atom stereocenters. The Morgan fingerprint density at radius 1 is 1.20 bits per heavy atom. The molecule has 1 aromatic heterocycles. The normalized spacial score (nSPS) is 14.4. The van der Waals surface area contributed by atoms with E-state index in [1.807, 2.05) is 30.5 Å². The lowest BCUT2D eigenvalue weighted by Crippen LogP contribution is -2.25. The molecule has 0 aliphatic carbocycles. The largest absolute Gasteiger partial charge is 0.299 e. The molecule has 154 valence electrons. The molecule has 1 amide bonds. The van der Waals surface area contributed by atoms with Crippen LogP contribution >= 0.6 is 0 Å². The van der Waals surface area contributed by atoms with Crippen molar-refractivity contribution in [1.82, 2.24) is 20.6 Å². The second kappa shape index (κ2) is 9.52. The number of carbonyl (C=O) groups excluding carboxylic acids is 1. The average Bonchev–Trinajstić information content (AvgIpc) is 3.16. The first-order valence-electron chi connectivity index (χ1n) is 10.3. The summed E-state index contributed by atoms with van der Waals surface area (Å²) in [6, 6.07) is 16.6. The van der Waals surface area contributed by atoms with Crippen molar-refractivity contribution >= 4 is 12.0 Å². The smallest absolute Gasteiger partial charge is 0.267 e. The third-order valence-corrected chi connectivity index (χ3v) is 5.56. The number of nitrogens with one attached hydrogen (secondary N) is 2. The first-order chi connectivity index (χ1) is 14.7. The Kier molecular flexibility index (Phi) is 6.37. The lowest BCUT2D eigenvalue weighted by atomic mass is 10.0. The predicted octanol–water partition coefficient (Wildman–Crippen LogP) is 3.59. The number of fused-ring (bicyclic) bond motifs is 1. The van der Waals surface area contributed by atoms with Gasteiger partial charge >= 0.3 is 0 Å². The summed E-state index contributed by atoms with van der Waals surface area (Å²) in [7, 11) is 0. The van der Waals surface area contributed by atoms with E-state index in [1.165, 1.54) is 28.3 Å². The Balaban J connectivity index is 1.42. The molecule has 0 fully saturated rings. The summed E-state index contributed by atoms with van der Waals surface area (Å²) in [5.41, 5.74) is 8.77. The summed E-state index contributed by atoms with van der Waals surface area (Å²) in [6.07, 6.45) is 8.08. The number of rotatable bonds is 6. The Morgan fingerprint density at radius 3 is 2.90 bits per heavy atom. The molecule has 6 heteroatoms. The molecular weight excluding hydrogens is 376 g/mol. The second-order valence-electron chi connectivity index (χ2n) is 7.60. The van der Waals surface area contributed by atoms with Crippen molar-refractivity contribution in [2.24, 2.45) is 0 Å². The van der Waals surface area contributed by atoms with Crippen LogP contribution in [0, 0.1) is 0 Å². The number of hydroxylamine groups is 1. The average molecular weight is 402 g/mol. The van der Waals surface area contributed by atoms with Crippen LogP contribution in [0.1, 0.15) is 28.7 Å². The van der Waals surface area contributed by atoms with Gasteiger partial charge in [-0.25, -0.2) is 5.48 Å². The highest BCUT2D eigenvalue weighted by Crippen LogP contribution is 2.24. The van der Waals surface area contributed by atoms with Crippen molar-refractivity contribution in [1.29, 1.82) is 0 Å². The van der Waals surface area contributed by atoms with Crippen LogP contribution in [0.25, 0.3) is 17.3 Å². The van der Waals surface area contributed by atoms with Crippen LogP contribution in [0.2, 0.25) is 0 Å². The maximum Gasteiger partial charge on any atom is 0.267 e. The van der Waals surface area contributed by atoms with E-state index in [9.17, 15) is 4.79 Å². The molecule has 2 heterocycles. The fourth-order valence-corrected chi connectivity index (χ4v) is 3.98. The number of nitrogens with zero attached hydrogens (tertiary/aromatic N) is 2. The van der Waals surface area contributed by atoms with Crippen LogP contribution in [0.15, 0.2) is 60.8 Å². The van der Waals surface area contributed by atoms with Crippen molar-refractivity contribution in [2.45, 2.75) is 25.8 Å². The minimum atomic E-state index is -0.523. The van der Waals surface area contributed by atoms with E-state index in [-0.39, 0.29) is 0 Å². The number of aromatic amines is 1. The van der Waals surface area contributed by atoms with Gasteiger partial charge in [-0.1, -0.05) is 48.5 Å². The van der Waals surface area contributed by atoms with Gasteiger partial charge in [-0.2, -0.15) is 5.10 Å². The summed E-state index contributed by atoms with van der Waals surface area (Å²) in [5.74, 6) is -0.523. The molecule has 0 radical (unpaired) electrons. The van der Waals surface area contributed by atoms with Gasteiger partial charge in [0.1, 0.15) is 0 Å². The molecule has 0 atom stereocenters. The van der Waals surface area contributed by atoms with Crippen molar-refractivity contribution in [3.05, 3.63) is 83.1 Å². The van der Waals surface area contributed by atoms with Gasteiger partial charge in [0.15, 0.2) is 0 Å². The number of carbonyl (C=O) groups is 1. The third-order valence-electron chi connectivity index (χ3n) is 5.56. The van der Waals surface area contributed by atoms with Crippen LogP contribution in [0.5, 0.6) is 0 Å². The van der Waals surface area contributed by atoms with E-state index >= 15 is 0 Å². The lowest BCUT2D eigenvalue weighted by molar-refractivity contribution is -0.124. The maximum atomic E-state index is 11.2. The Hall–Kier alpha value is -3.22. The van der Waals surface area contributed by atoms with Crippen LogP contribution in [-0.2, 0) is 24.2 Å². The number of aromatic nitrogens is 2. The zero-order chi connectivity index (χ0) is 20.8. The van der Waals surface area contributed by atoms with Crippen molar-refractivity contribution in [2.75, 3.05) is 13.1 Å². The van der Waals surface area contributed by atoms with E-state index in [0.717, 1.165) is 50.2 Å². The molecular formula is C24H26N4O2. The van der Waals surface area contributed by atoms with Gasteiger partial charge in [0.05, 0.1) is 11.9 Å². The van der Waals surface area contributed by atoms with Crippen LogP contribution in [-0.4, -0.2) is 39.3 Å². The van der Waals surface area contributed by atoms with Gasteiger partial charge in [-0.05, 0) is 59.7 Å². The highest BCUT2D eigenvalue weighted by Gasteiger charge is 2.16. The van der Waals surface area contributed by atoms with E-state index in [1.54, 1.807) is 11.6 Å². The molecule has 0 saturated carbocycles. The van der Waals surface area contributed by atoms with Crippen molar-refractivity contribution < 1.29 is 10.0 Å². The predicted molar refractivity (Wildman–Crippen MR) is 117 cm³/mol. The number of aryl methyl sites for hydroxylation is 1. The minimum absolute atomic E-state index is 0.523. The summed E-state index contributed by atoms with van der Waals surface area (Å²) in [5, 5.41) is 16.0. The molecule has 4 rings (SSSR count). The molecule has 0 saturated heterocycles. The zero-order valence-corrected chi connectivity index (χ0v) is 16.8. The second-order valence-corrected chi connectivity index (χ2v) is 7.60. The standard InChI is InChI=1S/C24H26N4O2/c29-23(27-30)11-9-18-8-10-22-17-28(13-4-7-20(22)15-18)14-12-21-16-25-26-24(21)19-5-2-1-3-6-19/h1-3,5-6,8-11,15-16,30H,4,7,12-14,17H2,(H,25,26)(H,27,29)/b11-9+. The highest BCUT2D eigenvalue weighted by molar-refractivity contribution is 5.90. The lowest BCUT2D eigenvalue weighted by Gasteiger charge is -2.20. The first-order valence-corrected chi connectivity index (χ1v) is 10.3. The molecule has 1 aliphatic rings. The van der Waals surface area contributed by atoms with Gasteiger partial charge in [-0.15, -0.1) is 0 Å². The molecule has 0 spiro atoms. The van der Waals surface area contributed by atoms with Crippen LogP contribution in [0.4, 0.5) is 0 Å². The molecule has 0 bridgehead atoms. The first kappa shape index (κ1) is 20.1. The monoisotopic (exact) mass is 402 g/mol. The number of hydrogen-bond acceptors (Lipinski definition) is 4. The minimum Gasteiger partial charge on any atom is -0.299 e. The van der Waals surface area contributed by atoms with E-state index in [2.05, 4.69) is 39.4 Å². The zero-order valence-electron chi connectivity index (χ0n) is 16.8. The van der Waals surface area contributed by atoms with Gasteiger partial charge in [0.25, 0.3) is 5.91 Å². The maximum absolute atomic E-state index is 11.2. The SMILES string of the molecule is O=C(/C=C/c1ccc2c(c1)CCCN(CCc1cn[nH]c1-c1ccccc1)C2)NO. The Morgan fingerprint density at radius 2 is 2.07 bits per heavy atom. The molecule has 3 N–H and O–H groups in total. The summed E-state index contributed by atoms with van der Waals surface area (Å²) in [6.45, 7) is 2.97. The fourth-order valence-electron chi connectivity index (χ4n) is 3.98. The quantitative estimate of drug-likeness (QED) is 0.334. The Bertz CT molecular complexity index is 1030. The molecule has 1 aliphatic heterocycles. The highest BCUT2D eigenvalue weighted by atomic mass is 16.5. The Labute approximate surface area is 176 Å². The van der Waals surface area contributed by atoms with Crippen LogP contribution < -0.4 is 5.48 Å². The van der Waals surface area contributed by atoms with E-state index in [0.29, 0.717) is 0 Å². The number of hydrogen-bond donors (Lipinski definition) is 3. The van der Waals surface area contributed by atoms with Gasteiger partial charge in [-0.3, -0.25) is 20.0 Å². The molecule has 3 aromatic rings. The van der Waals surface area contributed by atoms with Crippen molar-refractivity contribution in [3.63, 3.8) is 0 Å². The summed E-state index contributed by atoms with van der Waals surface area (Å²) in [4.78, 5) is 13.7. The number of amides is 1. The van der Waals surface area contributed by atoms with Gasteiger partial charge in [0, 0.05) is 19.2 Å². The fraction of sp³-hybridized carbons (Fsp3) is 0.250. The summed E-state index contributed by atoms with van der Waals surface area (Å²) >= 11 is 0. The molecule has 6 nitrogen and oxygen atoms in total. The molecule has 2 aromatic carbocycles. The molecule has 30 heavy (non-hydrogen) atoms. The van der Waals surface area contributed by atoms with Crippen molar-refractivity contribution in [3.8, 4) is 11.3 Å². The van der Waals surface area contributed by atoms with E-state index in [4.69, 9.17) is 5.21 Å².